The third-order valence-corrected chi connectivity index (χ3v) is 5.32. The van der Waals surface area contributed by atoms with Crippen LogP contribution in [0.3, 0.4) is 0 Å². The summed E-state index contributed by atoms with van der Waals surface area (Å²) in [5.74, 6) is 0.595. The highest BCUT2D eigenvalue weighted by molar-refractivity contribution is 6.31. The Kier molecular flexibility index (Phi) is 5.90. The number of rotatable bonds is 8. The van der Waals surface area contributed by atoms with E-state index in [1.165, 1.54) is 6.07 Å². The van der Waals surface area contributed by atoms with Crippen LogP contribution in [0.4, 0.5) is 4.39 Å². The highest BCUT2D eigenvalue weighted by atomic mass is 35.5. The molecule has 0 unspecified atom stereocenters. The highest BCUT2D eigenvalue weighted by Crippen LogP contribution is 2.31. The number of halogens is 2. The normalized spacial score (nSPS) is 13.4. The lowest BCUT2D eigenvalue weighted by Crippen LogP contribution is -2.33. The fraction of sp³-hybridized carbons (Fsp3) is 0.318. The topological polar surface area (TPSA) is 59.2 Å². The molecule has 1 aliphatic rings. The lowest BCUT2D eigenvalue weighted by molar-refractivity contribution is -0.132. The molecule has 5 nitrogen and oxygen atoms in total. The Morgan fingerprint density at radius 3 is 2.66 bits per heavy atom. The van der Waals surface area contributed by atoms with E-state index in [4.69, 9.17) is 16.0 Å². The third-order valence-electron chi connectivity index (χ3n) is 4.97. The number of nitrogens with zero attached hydrogens (tertiary/aromatic N) is 3. The fourth-order valence-corrected chi connectivity index (χ4v) is 3.47. The molecule has 0 radical (unpaired) electrons. The van der Waals surface area contributed by atoms with Crippen LogP contribution in [-0.4, -0.2) is 27.0 Å². The fourth-order valence-electron chi connectivity index (χ4n) is 3.25. The van der Waals surface area contributed by atoms with E-state index >= 15 is 0 Å². The van der Waals surface area contributed by atoms with Crippen LogP contribution in [0.2, 0.25) is 5.02 Å². The molecule has 1 fully saturated rings. The van der Waals surface area contributed by atoms with Crippen molar-refractivity contribution in [1.29, 1.82) is 0 Å². The first-order chi connectivity index (χ1) is 14.1. The maximum atomic E-state index is 14.1. The van der Waals surface area contributed by atoms with Crippen LogP contribution in [0.25, 0.3) is 11.5 Å². The van der Waals surface area contributed by atoms with Gasteiger partial charge in [0.1, 0.15) is 5.82 Å². The molecular formula is C22H21ClFN3O2. The average molecular weight is 414 g/mol. The van der Waals surface area contributed by atoms with Gasteiger partial charge in [0, 0.05) is 35.0 Å². The minimum Gasteiger partial charge on any atom is -0.421 e. The first-order valence-electron chi connectivity index (χ1n) is 9.72. The minimum absolute atomic E-state index is 0.00498. The van der Waals surface area contributed by atoms with Gasteiger partial charge in [-0.25, -0.2) is 4.39 Å². The van der Waals surface area contributed by atoms with Gasteiger partial charge in [-0.15, -0.1) is 10.2 Å². The first kappa shape index (κ1) is 19.6. The second-order valence-corrected chi connectivity index (χ2v) is 7.58. The van der Waals surface area contributed by atoms with Gasteiger partial charge in [-0.2, -0.15) is 0 Å². The second-order valence-electron chi connectivity index (χ2n) is 7.17. The van der Waals surface area contributed by atoms with Gasteiger partial charge in [0.25, 0.3) is 0 Å². The molecule has 7 heteroatoms. The van der Waals surface area contributed by atoms with E-state index in [-0.39, 0.29) is 24.3 Å². The van der Waals surface area contributed by atoms with E-state index in [9.17, 15) is 9.18 Å². The van der Waals surface area contributed by atoms with Crippen molar-refractivity contribution in [1.82, 2.24) is 15.1 Å². The number of carbonyl (C=O) groups is 1. The predicted molar refractivity (Wildman–Crippen MR) is 108 cm³/mol. The SMILES string of the molecule is O=C(CCCc1nnc(-c2ccccc2)o1)N(Cc1c(F)cccc1Cl)C1CC1. The quantitative estimate of drug-likeness (QED) is 0.519. The van der Waals surface area contributed by atoms with Crippen molar-refractivity contribution in [3.8, 4) is 11.5 Å². The zero-order valence-corrected chi connectivity index (χ0v) is 16.6. The molecule has 0 spiro atoms. The molecule has 1 amide bonds. The molecule has 0 atom stereocenters. The number of amides is 1. The van der Waals surface area contributed by atoms with E-state index in [1.807, 2.05) is 30.3 Å². The lowest BCUT2D eigenvalue weighted by Gasteiger charge is -2.23. The van der Waals surface area contributed by atoms with E-state index in [0.29, 0.717) is 41.6 Å². The molecule has 29 heavy (non-hydrogen) atoms. The summed E-state index contributed by atoms with van der Waals surface area (Å²) in [5, 5.41) is 8.48. The Hall–Kier alpha value is -2.73. The van der Waals surface area contributed by atoms with Crippen molar-refractivity contribution in [2.45, 2.75) is 44.7 Å². The van der Waals surface area contributed by atoms with Crippen LogP contribution in [0, 0.1) is 5.82 Å². The summed E-state index contributed by atoms with van der Waals surface area (Å²) in [5.41, 5.74) is 1.24. The molecule has 4 rings (SSSR count). The molecule has 2 aromatic carbocycles. The molecule has 1 aliphatic carbocycles. The summed E-state index contributed by atoms with van der Waals surface area (Å²) >= 11 is 6.14. The van der Waals surface area contributed by atoms with Gasteiger partial charge < -0.3 is 9.32 Å². The highest BCUT2D eigenvalue weighted by Gasteiger charge is 2.33. The van der Waals surface area contributed by atoms with Gasteiger partial charge in [-0.3, -0.25) is 4.79 Å². The van der Waals surface area contributed by atoms with E-state index < -0.39 is 0 Å². The van der Waals surface area contributed by atoms with Crippen molar-refractivity contribution >= 4 is 17.5 Å². The predicted octanol–water partition coefficient (Wildman–Crippen LogP) is 5.04. The molecular weight excluding hydrogens is 393 g/mol. The molecule has 3 aromatic rings. The minimum atomic E-state index is -0.379. The summed E-state index contributed by atoms with van der Waals surface area (Å²) < 4.78 is 19.8. The summed E-state index contributed by atoms with van der Waals surface area (Å²) in [7, 11) is 0. The van der Waals surface area contributed by atoms with Crippen LogP contribution >= 0.6 is 11.6 Å². The Morgan fingerprint density at radius 2 is 1.93 bits per heavy atom. The number of benzene rings is 2. The second kappa shape index (κ2) is 8.74. The third kappa shape index (κ3) is 4.82. The van der Waals surface area contributed by atoms with E-state index in [2.05, 4.69) is 10.2 Å². The number of hydrogen-bond acceptors (Lipinski definition) is 4. The Bertz CT molecular complexity index is 968. The lowest BCUT2D eigenvalue weighted by atomic mass is 10.1. The standard InChI is InChI=1S/C22H21ClFN3O2/c23-18-8-4-9-19(24)17(18)14-27(16-12-13-16)21(28)11-5-10-20-25-26-22(29-20)15-6-2-1-3-7-15/h1-4,6-9,16H,5,10-14H2. The molecule has 0 saturated heterocycles. The zero-order valence-electron chi connectivity index (χ0n) is 15.9. The average Bonchev–Trinajstić information content (AvgIpc) is 3.45. The number of hydrogen-bond donors (Lipinski definition) is 0. The monoisotopic (exact) mass is 413 g/mol. The molecule has 0 bridgehead atoms. The van der Waals surface area contributed by atoms with Crippen LogP contribution in [0.1, 0.15) is 37.1 Å². The van der Waals surface area contributed by atoms with Gasteiger partial charge in [0.15, 0.2) is 0 Å². The van der Waals surface area contributed by atoms with Gasteiger partial charge in [-0.05, 0) is 43.5 Å². The van der Waals surface area contributed by atoms with Crippen LogP contribution in [0.15, 0.2) is 52.9 Å². The molecule has 1 heterocycles. The van der Waals surface area contributed by atoms with Crippen LogP contribution in [0.5, 0.6) is 0 Å². The Balaban J connectivity index is 1.34. The molecule has 0 N–H and O–H groups in total. The number of aromatic nitrogens is 2. The molecule has 1 saturated carbocycles. The van der Waals surface area contributed by atoms with Crippen LogP contribution in [-0.2, 0) is 17.8 Å². The summed E-state index contributed by atoms with van der Waals surface area (Å²) in [6.07, 6.45) is 3.34. The van der Waals surface area contributed by atoms with E-state index in [1.54, 1.807) is 17.0 Å². The smallest absolute Gasteiger partial charge is 0.247 e. The first-order valence-corrected chi connectivity index (χ1v) is 10.1. The van der Waals surface area contributed by atoms with Crippen LogP contribution < -0.4 is 0 Å². The summed E-state index contributed by atoms with van der Waals surface area (Å²) in [4.78, 5) is 14.5. The van der Waals surface area contributed by atoms with Crippen molar-refractivity contribution in [3.63, 3.8) is 0 Å². The Morgan fingerprint density at radius 1 is 1.14 bits per heavy atom. The maximum absolute atomic E-state index is 14.1. The number of aryl methyl sites for hydroxylation is 1. The maximum Gasteiger partial charge on any atom is 0.247 e. The summed E-state index contributed by atoms with van der Waals surface area (Å²) in [6.45, 7) is 0.202. The largest absolute Gasteiger partial charge is 0.421 e. The zero-order chi connectivity index (χ0) is 20.2. The molecule has 150 valence electrons. The van der Waals surface area contributed by atoms with Crippen molar-refractivity contribution in [2.24, 2.45) is 0 Å². The number of carbonyl (C=O) groups excluding carboxylic acids is 1. The summed E-state index contributed by atoms with van der Waals surface area (Å²) in [6, 6.07) is 14.3. The van der Waals surface area contributed by atoms with Crippen molar-refractivity contribution in [2.75, 3.05) is 0 Å². The van der Waals surface area contributed by atoms with Crippen molar-refractivity contribution < 1.29 is 13.6 Å². The molecule has 1 aromatic heterocycles. The molecule has 0 aliphatic heterocycles. The Labute approximate surface area is 173 Å². The van der Waals surface area contributed by atoms with Gasteiger partial charge in [0.05, 0.1) is 6.54 Å². The van der Waals surface area contributed by atoms with E-state index in [0.717, 1.165) is 18.4 Å². The van der Waals surface area contributed by atoms with Gasteiger partial charge in [0.2, 0.25) is 17.7 Å². The van der Waals surface area contributed by atoms with Gasteiger partial charge in [-0.1, -0.05) is 35.9 Å². The van der Waals surface area contributed by atoms with Crippen molar-refractivity contribution in [3.05, 3.63) is 70.8 Å². The van der Waals surface area contributed by atoms with Gasteiger partial charge >= 0.3 is 0 Å².